The fourth-order valence-corrected chi connectivity index (χ4v) is 3.75. The molecule has 0 spiro atoms. The van der Waals surface area contributed by atoms with Crippen LogP contribution in [0.5, 0.6) is 0 Å². The number of hydrogen-bond donors (Lipinski definition) is 2. The molecule has 1 amide bonds. The zero-order valence-electron chi connectivity index (χ0n) is 17.2. The van der Waals surface area contributed by atoms with Gasteiger partial charge in [-0.1, -0.05) is 42.5 Å². The highest BCUT2D eigenvalue weighted by Gasteiger charge is 2.17. The first-order valence-electron chi connectivity index (χ1n) is 9.52. The summed E-state index contributed by atoms with van der Waals surface area (Å²) in [5.74, 6) is -1.45. The highest BCUT2D eigenvalue weighted by Crippen LogP contribution is 2.20. The molecule has 0 saturated carbocycles. The first-order chi connectivity index (χ1) is 15.2. The first-order valence-corrected chi connectivity index (χ1v) is 11.4. The van der Waals surface area contributed by atoms with Crippen LogP contribution in [-0.2, 0) is 16.6 Å². The molecule has 32 heavy (non-hydrogen) atoms. The third-order valence-electron chi connectivity index (χ3n) is 4.52. The van der Waals surface area contributed by atoms with Crippen molar-refractivity contribution in [1.29, 1.82) is 0 Å². The van der Waals surface area contributed by atoms with Gasteiger partial charge in [0.2, 0.25) is 10.0 Å². The number of para-hydroxylation sites is 1. The highest BCUT2D eigenvalue weighted by molar-refractivity contribution is 7.92. The molecule has 3 rings (SSSR count). The molecule has 164 valence electrons. The summed E-state index contributed by atoms with van der Waals surface area (Å²) < 4.78 is 25.7. The molecule has 0 aromatic heterocycles. The number of nitrogens with one attached hydrogen (secondary N) is 1. The number of hydrogen-bond acceptors (Lipinski definition) is 5. The van der Waals surface area contributed by atoms with E-state index in [0.29, 0.717) is 16.8 Å². The topological polar surface area (TPSA) is 116 Å². The van der Waals surface area contributed by atoms with Gasteiger partial charge in [0.25, 0.3) is 5.91 Å². The lowest BCUT2D eigenvalue weighted by molar-refractivity contribution is 0.0696. The average molecular weight is 452 g/mol. The van der Waals surface area contributed by atoms with E-state index in [2.05, 4.69) is 10.5 Å². The number of sulfonamides is 1. The molecule has 0 heterocycles. The van der Waals surface area contributed by atoms with E-state index in [9.17, 15) is 18.0 Å². The minimum Gasteiger partial charge on any atom is -0.478 e. The normalized spacial score (nSPS) is 11.3. The van der Waals surface area contributed by atoms with Crippen LogP contribution in [0.1, 0.15) is 31.8 Å². The summed E-state index contributed by atoms with van der Waals surface area (Å²) >= 11 is 0. The highest BCUT2D eigenvalue weighted by atomic mass is 32.2. The number of carboxylic acids is 1. The summed E-state index contributed by atoms with van der Waals surface area (Å²) in [6.45, 7) is 0.134. The molecular weight excluding hydrogens is 430 g/mol. The van der Waals surface area contributed by atoms with E-state index in [1.807, 2.05) is 6.07 Å². The third-order valence-corrected chi connectivity index (χ3v) is 5.66. The standard InChI is InChI=1S/C23H21N3O5S/c1-32(30,31)26(21-5-3-2-4-6-21)16-18-9-11-19(12-10-18)22(27)25-24-15-17-7-13-20(14-8-17)23(28)29/h2-15H,16H2,1H3,(H,25,27)(H,28,29)/b24-15-. The van der Waals surface area contributed by atoms with E-state index in [0.717, 1.165) is 11.8 Å². The molecule has 0 saturated heterocycles. The maximum absolute atomic E-state index is 12.3. The van der Waals surface area contributed by atoms with Gasteiger partial charge >= 0.3 is 5.97 Å². The monoisotopic (exact) mass is 451 g/mol. The van der Waals surface area contributed by atoms with Crippen LogP contribution in [0.2, 0.25) is 0 Å². The van der Waals surface area contributed by atoms with Gasteiger partial charge in [0, 0.05) is 5.56 Å². The lowest BCUT2D eigenvalue weighted by atomic mass is 10.1. The van der Waals surface area contributed by atoms with Gasteiger partial charge in [-0.25, -0.2) is 18.6 Å². The number of nitrogens with zero attached hydrogens (tertiary/aromatic N) is 2. The number of aromatic carboxylic acids is 1. The molecule has 0 radical (unpaired) electrons. The molecule has 0 aliphatic carbocycles. The van der Waals surface area contributed by atoms with E-state index < -0.39 is 21.9 Å². The van der Waals surface area contributed by atoms with E-state index in [1.165, 1.54) is 22.7 Å². The second kappa shape index (κ2) is 9.88. The summed E-state index contributed by atoms with van der Waals surface area (Å²) in [6, 6.07) is 21.4. The molecule has 0 atom stereocenters. The van der Waals surface area contributed by atoms with Crippen molar-refractivity contribution in [3.63, 3.8) is 0 Å². The van der Waals surface area contributed by atoms with Gasteiger partial charge in [-0.15, -0.1) is 0 Å². The number of amides is 1. The van der Waals surface area contributed by atoms with Crippen molar-refractivity contribution in [2.45, 2.75) is 6.54 Å². The lowest BCUT2D eigenvalue weighted by Gasteiger charge is -2.22. The van der Waals surface area contributed by atoms with Crippen LogP contribution in [0.4, 0.5) is 5.69 Å². The SMILES string of the molecule is CS(=O)(=O)N(Cc1ccc(C(=O)N/N=C\c2ccc(C(=O)O)cc2)cc1)c1ccccc1. The van der Waals surface area contributed by atoms with Crippen molar-refractivity contribution in [3.05, 3.63) is 101 Å². The molecule has 2 N–H and O–H groups in total. The van der Waals surface area contributed by atoms with Crippen molar-refractivity contribution in [2.24, 2.45) is 5.10 Å². The minimum atomic E-state index is -3.49. The smallest absolute Gasteiger partial charge is 0.335 e. The molecule has 3 aromatic carbocycles. The molecule has 0 aliphatic rings. The molecule has 8 nitrogen and oxygen atoms in total. The Morgan fingerprint density at radius 1 is 0.938 bits per heavy atom. The van der Waals surface area contributed by atoms with Crippen LogP contribution >= 0.6 is 0 Å². The molecule has 0 unspecified atom stereocenters. The van der Waals surface area contributed by atoms with Crippen molar-refractivity contribution >= 4 is 33.8 Å². The van der Waals surface area contributed by atoms with Gasteiger partial charge < -0.3 is 5.11 Å². The Kier molecular flexibility index (Phi) is 7.01. The Bertz CT molecular complexity index is 1220. The number of hydrazone groups is 1. The summed E-state index contributed by atoms with van der Waals surface area (Å²) in [4.78, 5) is 23.1. The zero-order chi connectivity index (χ0) is 23.1. The summed E-state index contributed by atoms with van der Waals surface area (Å²) in [6.07, 6.45) is 2.55. The van der Waals surface area contributed by atoms with E-state index >= 15 is 0 Å². The van der Waals surface area contributed by atoms with Gasteiger partial charge in [-0.3, -0.25) is 9.10 Å². The fourth-order valence-electron chi connectivity index (χ4n) is 2.86. The maximum atomic E-state index is 12.3. The molecule has 3 aromatic rings. The summed E-state index contributed by atoms with van der Waals surface area (Å²) in [5, 5.41) is 12.8. The molecule has 0 bridgehead atoms. The number of benzene rings is 3. The average Bonchev–Trinajstić information content (AvgIpc) is 2.78. The van der Waals surface area contributed by atoms with Gasteiger partial charge in [0.15, 0.2) is 0 Å². The predicted octanol–water partition coefficient (Wildman–Crippen LogP) is 3.11. The van der Waals surface area contributed by atoms with Gasteiger partial charge in [0.05, 0.1) is 30.3 Å². The van der Waals surface area contributed by atoms with Gasteiger partial charge in [-0.2, -0.15) is 5.10 Å². The van der Waals surface area contributed by atoms with Crippen LogP contribution in [0, 0.1) is 0 Å². The summed E-state index contributed by atoms with van der Waals surface area (Å²) in [7, 11) is -3.49. The van der Waals surface area contributed by atoms with Crippen molar-refractivity contribution < 1.29 is 23.1 Å². The number of carboxylic acid groups (broad SMARTS) is 1. The quantitative estimate of drug-likeness (QED) is 0.403. The van der Waals surface area contributed by atoms with Crippen LogP contribution in [-0.4, -0.2) is 37.9 Å². The van der Waals surface area contributed by atoms with Crippen molar-refractivity contribution in [1.82, 2.24) is 5.43 Å². The van der Waals surface area contributed by atoms with Gasteiger partial charge in [0.1, 0.15) is 0 Å². The van der Waals surface area contributed by atoms with Crippen LogP contribution in [0.3, 0.4) is 0 Å². The number of carbonyl (C=O) groups is 2. The van der Waals surface area contributed by atoms with E-state index in [4.69, 9.17) is 5.11 Å². The Labute approximate surface area is 185 Å². The number of carbonyl (C=O) groups excluding carboxylic acids is 1. The Morgan fingerprint density at radius 3 is 2.09 bits per heavy atom. The van der Waals surface area contributed by atoms with E-state index in [-0.39, 0.29) is 12.1 Å². The molecule has 0 aliphatic heterocycles. The Balaban J connectivity index is 1.64. The van der Waals surface area contributed by atoms with Crippen LogP contribution < -0.4 is 9.73 Å². The number of anilines is 1. The minimum absolute atomic E-state index is 0.134. The largest absolute Gasteiger partial charge is 0.478 e. The first kappa shape index (κ1) is 22.7. The Hall–Kier alpha value is -3.98. The molecule has 0 fully saturated rings. The lowest BCUT2D eigenvalue weighted by Crippen LogP contribution is -2.29. The van der Waals surface area contributed by atoms with Crippen LogP contribution in [0.25, 0.3) is 0 Å². The van der Waals surface area contributed by atoms with Crippen molar-refractivity contribution in [3.8, 4) is 0 Å². The second-order valence-electron chi connectivity index (χ2n) is 6.93. The maximum Gasteiger partial charge on any atom is 0.335 e. The number of rotatable bonds is 8. The second-order valence-corrected chi connectivity index (χ2v) is 8.84. The fraction of sp³-hybridized carbons (Fsp3) is 0.0870. The molecule has 9 heteroatoms. The molecular formula is C23H21N3O5S. The van der Waals surface area contributed by atoms with E-state index in [1.54, 1.807) is 60.7 Å². The summed E-state index contributed by atoms with van der Waals surface area (Å²) in [5.41, 5.74) is 4.83. The Morgan fingerprint density at radius 2 is 1.53 bits per heavy atom. The van der Waals surface area contributed by atoms with Crippen molar-refractivity contribution in [2.75, 3.05) is 10.6 Å². The predicted molar refractivity (Wildman–Crippen MR) is 122 cm³/mol. The van der Waals surface area contributed by atoms with Gasteiger partial charge in [-0.05, 0) is 47.5 Å². The van der Waals surface area contributed by atoms with Crippen LogP contribution in [0.15, 0.2) is 84.0 Å². The third kappa shape index (κ3) is 6.02. The zero-order valence-corrected chi connectivity index (χ0v) is 18.0.